The molecular weight excluding hydrogens is 250 g/mol. The molecule has 18 heavy (non-hydrogen) atoms. The zero-order valence-corrected chi connectivity index (χ0v) is 12.6. The molecule has 0 spiro atoms. The van der Waals surface area contributed by atoms with Gasteiger partial charge in [-0.3, -0.25) is 0 Å². The van der Waals surface area contributed by atoms with E-state index in [1.807, 2.05) is 0 Å². The maximum atomic E-state index is 12.3. The SMILES string of the molecule is CC(C)C(N)CCN(C)S(=O)(=O)N1CCCCC1. The Balaban J connectivity index is 2.51. The van der Waals surface area contributed by atoms with Crippen LogP contribution in [-0.2, 0) is 10.2 Å². The lowest BCUT2D eigenvalue weighted by Gasteiger charge is -2.30. The fraction of sp³-hybridized carbons (Fsp3) is 1.00. The molecule has 1 aliphatic rings. The van der Waals surface area contributed by atoms with Crippen molar-refractivity contribution in [3.63, 3.8) is 0 Å². The minimum Gasteiger partial charge on any atom is -0.327 e. The Hall–Kier alpha value is -0.170. The Morgan fingerprint density at radius 2 is 1.78 bits per heavy atom. The van der Waals surface area contributed by atoms with Gasteiger partial charge < -0.3 is 5.73 Å². The standard InChI is InChI=1S/C12H27N3O2S/c1-11(2)12(13)7-10-14(3)18(16,17)15-8-5-4-6-9-15/h11-12H,4-10,13H2,1-3H3. The lowest BCUT2D eigenvalue weighted by molar-refractivity contribution is 0.309. The van der Waals surface area contributed by atoms with Crippen molar-refractivity contribution in [2.75, 3.05) is 26.7 Å². The Bertz CT molecular complexity index is 337. The molecule has 2 N–H and O–H groups in total. The van der Waals surface area contributed by atoms with Crippen molar-refractivity contribution in [2.45, 2.75) is 45.6 Å². The van der Waals surface area contributed by atoms with E-state index in [0.29, 0.717) is 32.0 Å². The van der Waals surface area contributed by atoms with E-state index in [2.05, 4.69) is 13.8 Å². The van der Waals surface area contributed by atoms with Crippen LogP contribution in [0, 0.1) is 5.92 Å². The van der Waals surface area contributed by atoms with E-state index in [4.69, 9.17) is 5.73 Å². The fourth-order valence-electron chi connectivity index (χ4n) is 2.07. The molecule has 6 heteroatoms. The molecule has 0 aromatic carbocycles. The zero-order chi connectivity index (χ0) is 13.8. The number of nitrogens with two attached hydrogens (primary N) is 1. The van der Waals surface area contributed by atoms with Crippen molar-refractivity contribution in [3.8, 4) is 0 Å². The number of hydrogen-bond donors (Lipinski definition) is 1. The Morgan fingerprint density at radius 3 is 2.28 bits per heavy atom. The number of nitrogens with zero attached hydrogens (tertiary/aromatic N) is 2. The summed E-state index contributed by atoms with van der Waals surface area (Å²) in [4.78, 5) is 0. The summed E-state index contributed by atoms with van der Waals surface area (Å²) in [5.74, 6) is 0.385. The lowest BCUT2D eigenvalue weighted by Crippen LogP contribution is -2.45. The van der Waals surface area contributed by atoms with Crippen LogP contribution in [-0.4, -0.2) is 49.8 Å². The smallest absolute Gasteiger partial charge is 0.281 e. The van der Waals surface area contributed by atoms with Crippen LogP contribution in [0.5, 0.6) is 0 Å². The first-order valence-corrected chi connectivity index (χ1v) is 8.22. The van der Waals surface area contributed by atoms with Gasteiger partial charge in [0.05, 0.1) is 0 Å². The van der Waals surface area contributed by atoms with Crippen molar-refractivity contribution in [3.05, 3.63) is 0 Å². The first-order chi connectivity index (χ1) is 8.35. The molecular formula is C12H27N3O2S. The quantitative estimate of drug-likeness (QED) is 0.788. The third-order valence-electron chi connectivity index (χ3n) is 3.67. The fourth-order valence-corrected chi connectivity index (χ4v) is 3.52. The van der Waals surface area contributed by atoms with Gasteiger partial charge in [0.15, 0.2) is 0 Å². The van der Waals surface area contributed by atoms with E-state index in [-0.39, 0.29) is 6.04 Å². The van der Waals surface area contributed by atoms with Gasteiger partial charge in [0.2, 0.25) is 0 Å². The van der Waals surface area contributed by atoms with Gasteiger partial charge in [-0.1, -0.05) is 20.3 Å². The molecule has 0 saturated carbocycles. The van der Waals surface area contributed by atoms with Crippen molar-refractivity contribution in [2.24, 2.45) is 11.7 Å². The summed E-state index contributed by atoms with van der Waals surface area (Å²) < 4.78 is 27.6. The molecule has 1 aliphatic heterocycles. The highest BCUT2D eigenvalue weighted by Crippen LogP contribution is 2.16. The molecule has 1 heterocycles. The highest BCUT2D eigenvalue weighted by Gasteiger charge is 2.28. The third-order valence-corrected chi connectivity index (χ3v) is 5.66. The molecule has 0 aromatic heterocycles. The predicted molar refractivity (Wildman–Crippen MR) is 74.4 cm³/mol. The Kier molecular flexibility index (Phi) is 6.04. The summed E-state index contributed by atoms with van der Waals surface area (Å²) in [5.41, 5.74) is 5.95. The summed E-state index contributed by atoms with van der Waals surface area (Å²) in [6, 6.07) is 0.0593. The van der Waals surface area contributed by atoms with Gasteiger partial charge in [0, 0.05) is 32.7 Å². The van der Waals surface area contributed by atoms with Gasteiger partial charge in [-0.2, -0.15) is 17.0 Å². The third kappa shape index (κ3) is 4.19. The molecule has 0 aliphatic carbocycles. The predicted octanol–water partition coefficient (Wildman–Crippen LogP) is 1.02. The first kappa shape index (κ1) is 15.9. The molecule has 1 fully saturated rings. The molecule has 1 saturated heterocycles. The van der Waals surface area contributed by atoms with E-state index in [1.165, 1.54) is 4.31 Å². The maximum Gasteiger partial charge on any atom is 0.281 e. The lowest BCUT2D eigenvalue weighted by atomic mass is 10.0. The molecule has 1 rings (SSSR count). The van der Waals surface area contributed by atoms with Crippen molar-refractivity contribution in [1.29, 1.82) is 0 Å². The summed E-state index contributed by atoms with van der Waals surface area (Å²) in [6.07, 6.45) is 3.78. The average molecular weight is 277 g/mol. The number of rotatable bonds is 6. The molecule has 0 bridgehead atoms. The Labute approximate surface area is 112 Å². The van der Waals surface area contributed by atoms with Crippen LogP contribution in [0.25, 0.3) is 0 Å². The molecule has 108 valence electrons. The molecule has 5 nitrogen and oxygen atoms in total. The van der Waals surface area contributed by atoms with Gasteiger partial charge in [-0.15, -0.1) is 0 Å². The van der Waals surface area contributed by atoms with Crippen LogP contribution in [0.3, 0.4) is 0 Å². The highest BCUT2D eigenvalue weighted by atomic mass is 32.2. The largest absolute Gasteiger partial charge is 0.327 e. The average Bonchev–Trinajstić information content (AvgIpc) is 2.36. The van der Waals surface area contributed by atoms with Crippen LogP contribution < -0.4 is 5.73 Å². The van der Waals surface area contributed by atoms with Crippen LogP contribution in [0.1, 0.15) is 39.5 Å². The van der Waals surface area contributed by atoms with Gasteiger partial charge in [-0.05, 0) is 25.2 Å². The summed E-state index contributed by atoms with van der Waals surface area (Å²) >= 11 is 0. The van der Waals surface area contributed by atoms with Gasteiger partial charge in [0.25, 0.3) is 10.2 Å². The van der Waals surface area contributed by atoms with E-state index < -0.39 is 10.2 Å². The molecule has 0 aromatic rings. The topological polar surface area (TPSA) is 66.6 Å². The zero-order valence-electron chi connectivity index (χ0n) is 11.8. The first-order valence-electron chi connectivity index (χ1n) is 6.82. The maximum absolute atomic E-state index is 12.3. The van der Waals surface area contributed by atoms with Crippen molar-refractivity contribution in [1.82, 2.24) is 8.61 Å². The van der Waals surface area contributed by atoms with E-state index in [0.717, 1.165) is 19.3 Å². The van der Waals surface area contributed by atoms with Gasteiger partial charge >= 0.3 is 0 Å². The second-order valence-corrected chi connectivity index (χ2v) is 7.52. The Morgan fingerprint density at radius 1 is 1.22 bits per heavy atom. The normalized spacial score (nSPS) is 20.6. The molecule has 0 radical (unpaired) electrons. The molecule has 1 atom stereocenters. The number of piperidine rings is 1. The number of hydrogen-bond acceptors (Lipinski definition) is 3. The minimum atomic E-state index is -3.27. The van der Waals surface area contributed by atoms with Crippen LogP contribution in [0.15, 0.2) is 0 Å². The van der Waals surface area contributed by atoms with Gasteiger partial charge in [-0.25, -0.2) is 0 Å². The van der Waals surface area contributed by atoms with Crippen LogP contribution in [0.2, 0.25) is 0 Å². The molecule has 1 unspecified atom stereocenters. The van der Waals surface area contributed by atoms with Crippen molar-refractivity contribution < 1.29 is 8.42 Å². The summed E-state index contributed by atoms with van der Waals surface area (Å²) in [5, 5.41) is 0. The van der Waals surface area contributed by atoms with E-state index in [9.17, 15) is 8.42 Å². The van der Waals surface area contributed by atoms with Crippen LogP contribution >= 0.6 is 0 Å². The second kappa shape index (κ2) is 6.84. The summed E-state index contributed by atoms with van der Waals surface area (Å²) in [7, 11) is -1.62. The van der Waals surface area contributed by atoms with Gasteiger partial charge in [0.1, 0.15) is 0 Å². The monoisotopic (exact) mass is 277 g/mol. The molecule has 0 amide bonds. The summed E-state index contributed by atoms with van der Waals surface area (Å²) in [6.45, 7) is 5.93. The van der Waals surface area contributed by atoms with E-state index in [1.54, 1.807) is 11.4 Å². The highest BCUT2D eigenvalue weighted by molar-refractivity contribution is 7.86. The second-order valence-electron chi connectivity index (χ2n) is 5.49. The minimum absolute atomic E-state index is 0.0593. The van der Waals surface area contributed by atoms with E-state index >= 15 is 0 Å². The van der Waals surface area contributed by atoms with Crippen molar-refractivity contribution >= 4 is 10.2 Å². The van der Waals surface area contributed by atoms with Crippen LogP contribution in [0.4, 0.5) is 0 Å².